The van der Waals surface area contributed by atoms with Gasteiger partial charge in [-0.25, -0.2) is 14.4 Å². The number of aryl methyl sites for hydroxylation is 1. The van der Waals surface area contributed by atoms with Crippen LogP contribution in [0.4, 0.5) is 9.52 Å². The van der Waals surface area contributed by atoms with E-state index in [1.54, 1.807) is 23.5 Å². The highest BCUT2D eigenvalue weighted by atomic mass is 32.1. The summed E-state index contributed by atoms with van der Waals surface area (Å²) >= 11 is 1.27. The van der Waals surface area contributed by atoms with Crippen molar-refractivity contribution in [2.24, 2.45) is 0 Å². The first kappa shape index (κ1) is 17.5. The summed E-state index contributed by atoms with van der Waals surface area (Å²) in [5.74, 6) is -0.503. The van der Waals surface area contributed by atoms with Crippen LogP contribution in [0.1, 0.15) is 6.42 Å². The quantitative estimate of drug-likeness (QED) is 0.649. The maximum Gasteiger partial charge on any atom is 0.298 e. The van der Waals surface area contributed by atoms with E-state index in [1.807, 2.05) is 10.8 Å². The van der Waals surface area contributed by atoms with Gasteiger partial charge in [0.15, 0.2) is 5.13 Å². The van der Waals surface area contributed by atoms with E-state index in [2.05, 4.69) is 9.97 Å². The van der Waals surface area contributed by atoms with Gasteiger partial charge in [-0.1, -0.05) is 11.3 Å². The molecule has 0 aliphatic carbocycles. The molecule has 3 heterocycles. The first-order valence-corrected chi connectivity index (χ1v) is 9.30. The predicted molar refractivity (Wildman–Crippen MR) is 98.8 cm³/mol. The highest BCUT2D eigenvalue weighted by Gasteiger charge is 2.26. The number of halogens is 1. The minimum absolute atomic E-state index is 0.148. The van der Waals surface area contributed by atoms with Gasteiger partial charge in [0.25, 0.3) is 5.91 Å². The Balaban J connectivity index is 1.59. The second-order valence-corrected chi connectivity index (χ2v) is 6.93. The van der Waals surface area contributed by atoms with Crippen LogP contribution in [0.2, 0.25) is 0 Å². The number of ether oxygens (including phenoxy) is 2. The van der Waals surface area contributed by atoms with Gasteiger partial charge in [-0.15, -0.1) is 0 Å². The Morgan fingerprint density at radius 1 is 1.37 bits per heavy atom. The third-order valence-electron chi connectivity index (χ3n) is 4.03. The van der Waals surface area contributed by atoms with E-state index in [1.165, 1.54) is 29.7 Å². The number of thiazole rings is 1. The zero-order chi connectivity index (χ0) is 18.6. The largest absolute Gasteiger partial charge is 0.494 e. The smallest absolute Gasteiger partial charge is 0.298 e. The topological polar surface area (TPSA) is 69.5 Å². The maximum atomic E-state index is 13.5. The fraction of sp³-hybridized carbons (Fsp3) is 0.278. The summed E-state index contributed by atoms with van der Waals surface area (Å²) in [6.07, 6.45) is 7.34. The van der Waals surface area contributed by atoms with Crippen molar-refractivity contribution in [3.8, 4) is 0 Å². The molecule has 0 saturated heterocycles. The van der Waals surface area contributed by atoms with E-state index < -0.39 is 0 Å². The van der Waals surface area contributed by atoms with Crippen molar-refractivity contribution < 1.29 is 18.7 Å². The Bertz CT molecular complexity index is 970. The number of amides is 1. The molecule has 0 N–H and O–H groups in total. The monoisotopic (exact) mass is 388 g/mol. The number of rotatable bonds is 6. The first-order chi connectivity index (χ1) is 13.2. The Kier molecular flexibility index (Phi) is 5.01. The van der Waals surface area contributed by atoms with Crippen LogP contribution >= 0.6 is 11.3 Å². The number of carbonyl (C=O) groups excluding carboxylic acids is 1. The number of aromatic nitrogens is 3. The van der Waals surface area contributed by atoms with Gasteiger partial charge in [-0.05, 0) is 24.6 Å². The molecular weight excluding hydrogens is 371 g/mol. The van der Waals surface area contributed by atoms with Crippen LogP contribution in [-0.4, -0.2) is 40.2 Å². The molecule has 2 aromatic heterocycles. The van der Waals surface area contributed by atoms with E-state index in [0.717, 1.165) is 0 Å². The molecule has 1 aliphatic rings. The summed E-state index contributed by atoms with van der Waals surface area (Å²) in [5, 5.41) is 0.501. The molecule has 7 nitrogen and oxygen atoms in total. The molecular formula is C18H17FN4O3S. The molecule has 0 unspecified atom stereocenters. The summed E-state index contributed by atoms with van der Waals surface area (Å²) in [7, 11) is 0. The van der Waals surface area contributed by atoms with E-state index in [-0.39, 0.29) is 17.5 Å². The third-order valence-corrected chi connectivity index (χ3v) is 5.07. The Morgan fingerprint density at radius 2 is 2.30 bits per heavy atom. The Hall–Kier alpha value is -2.94. The van der Waals surface area contributed by atoms with Gasteiger partial charge in [-0.2, -0.15) is 0 Å². The van der Waals surface area contributed by atoms with Crippen LogP contribution in [0.15, 0.2) is 48.9 Å². The van der Waals surface area contributed by atoms with Crippen molar-refractivity contribution in [3.63, 3.8) is 0 Å². The molecule has 0 atom stereocenters. The van der Waals surface area contributed by atoms with E-state index in [9.17, 15) is 9.18 Å². The molecule has 27 heavy (non-hydrogen) atoms. The Labute approximate surface area is 158 Å². The summed E-state index contributed by atoms with van der Waals surface area (Å²) in [6, 6.07) is 4.39. The molecule has 1 aromatic carbocycles. The van der Waals surface area contributed by atoms with Crippen molar-refractivity contribution >= 4 is 32.6 Å². The maximum absolute atomic E-state index is 13.5. The molecule has 0 saturated carbocycles. The second kappa shape index (κ2) is 7.75. The predicted octanol–water partition coefficient (Wildman–Crippen LogP) is 2.94. The van der Waals surface area contributed by atoms with Gasteiger partial charge >= 0.3 is 0 Å². The first-order valence-electron chi connectivity index (χ1n) is 8.49. The lowest BCUT2D eigenvalue weighted by Gasteiger charge is -2.23. The van der Waals surface area contributed by atoms with Gasteiger partial charge in [0.1, 0.15) is 25.3 Å². The van der Waals surface area contributed by atoms with E-state index in [0.29, 0.717) is 48.1 Å². The normalized spacial score (nSPS) is 13.7. The minimum Gasteiger partial charge on any atom is -0.494 e. The lowest BCUT2D eigenvalue weighted by Crippen LogP contribution is -2.35. The zero-order valence-electron chi connectivity index (χ0n) is 14.4. The molecule has 3 aromatic rings. The van der Waals surface area contributed by atoms with Gasteiger partial charge < -0.3 is 14.0 Å². The molecule has 1 amide bonds. The highest BCUT2D eigenvalue weighted by Crippen LogP contribution is 2.30. The Morgan fingerprint density at radius 3 is 3.07 bits per heavy atom. The van der Waals surface area contributed by atoms with Gasteiger partial charge in [0.05, 0.1) is 16.5 Å². The number of nitrogens with zero attached hydrogens (tertiary/aromatic N) is 4. The van der Waals surface area contributed by atoms with Crippen LogP contribution in [-0.2, 0) is 20.8 Å². The summed E-state index contributed by atoms with van der Waals surface area (Å²) < 4.78 is 26.8. The van der Waals surface area contributed by atoms with Crippen LogP contribution < -0.4 is 4.90 Å². The SMILES string of the molecule is O=C(C1=COCCO1)N(CCCn1ccnc1)c1nc2ccc(F)cc2s1. The van der Waals surface area contributed by atoms with Crippen molar-refractivity contribution in [2.45, 2.75) is 13.0 Å². The molecule has 0 radical (unpaired) electrons. The molecule has 4 rings (SSSR count). The molecule has 140 valence electrons. The van der Waals surface area contributed by atoms with Gasteiger partial charge in [-0.3, -0.25) is 9.69 Å². The fourth-order valence-electron chi connectivity index (χ4n) is 2.73. The average molecular weight is 388 g/mol. The van der Waals surface area contributed by atoms with Crippen LogP contribution in [0.3, 0.4) is 0 Å². The lowest BCUT2D eigenvalue weighted by molar-refractivity contribution is -0.119. The van der Waals surface area contributed by atoms with Crippen LogP contribution in [0.25, 0.3) is 10.2 Å². The van der Waals surface area contributed by atoms with Crippen molar-refractivity contribution in [1.82, 2.24) is 14.5 Å². The standard InChI is InChI=1S/C18H17FN4O3S/c19-13-2-3-14-16(10-13)27-18(21-14)23(6-1-5-22-7-4-20-12-22)17(24)15-11-25-8-9-26-15/h2-4,7,10-12H,1,5-6,8-9H2. The average Bonchev–Trinajstić information content (AvgIpc) is 3.34. The number of benzene rings is 1. The molecule has 9 heteroatoms. The van der Waals surface area contributed by atoms with Crippen LogP contribution in [0.5, 0.6) is 0 Å². The molecule has 1 aliphatic heterocycles. The lowest BCUT2D eigenvalue weighted by atomic mass is 10.3. The second-order valence-electron chi connectivity index (χ2n) is 5.92. The number of fused-ring (bicyclic) bond motifs is 1. The molecule has 0 bridgehead atoms. The van der Waals surface area contributed by atoms with Crippen LogP contribution in [0, 0.1) is 5.82 Å². The molecule has 0 spiro atoms. The summed E-state index contributed by atoms with van der Waals surface area (Å²) in [4.78, 5) is 23.0. The molecule has 0 fully saturated rings. The minimum atomic E-state index is -0.331. The van der Waals surface area contributed by atoms with E-state index >= 15 is 0 Å². The number of anilines is 1. The number of hydrogen-bond donors (Lipinski definition) is 0. The van der Waals surface area contributed by atoms with Crippen molar-refractivity contribution in [1.29, 1.82) is 0 Å². The van der Waals surface area contributed by atoms with Gasteiger partial charge in [0.2, 0.25) is 5.76 Å². The number of carbonyl (C=O) groups is 1. The summed E-state index contributed by atoms with van der Waals surface area (Å²) in [5.41, 5.74) is 0.651. The van der Waals surface area contributed by atoms with Gasteiger partial charge in [0, 0.05) is 25.5 Å². The summed E-state index contributed by atoms with van der Waals surface area (Å²) in [6.45, 7) is 1.88. The van der Waals surface area contributed by atoms with Crippen molar-refractivity contribution in [2.75, 3.05) is 24.7 Å². The third kappa shape index (κ3) is 3.92. The highest BCUT2D eigenvalue weighted by molar-refractivity contribution is 7.22. The van der Waals surface area contributed by atoms with Crippen molar-refractivity contribution in [3.05, 3.63) is 54.8 Å². The van der Waals surface area contributed by atoms with E-state index in [4.69, 9.17) is 9.47 Å². The number of hydrogen-bond acceptors (Lipinski definition) is 6. The zero-order valence-corrected chi connectivity index (χ0v) is 15.2. The number of imidazole rings is 1. The fourth-order valence-corrected chi connectivity index (χ4v) is 3.74.